The first-order valence-electron chi connectivity index (χ1n) is 5.75. The lowest BCUT2D eigenvalue weighted by Crippen LogP contribution is -2.30. The van der Waals surface area contributed by atoms with Crippen LogP contribution in [-0.4, -0.2) is 34.2 Å². The van der Waals surface area contributed by atoms with Gasteiger partial charge < -0.3 is 15.5 Å². The molecular weight excluding hydrogens is 234 g/mol. The Morgan fingerprint density at radius 1 is 1.47 bits per heavy atom. The van der Waals surface area contributed by atoms with Gasteiger partial charge >= 0.3 is 0 Å². The number of nitrogens with zero attached hydrogens (tertiary/aromatic N) is 1. The van der Waals surface area contributed by atoms with Crippen molar-refractivity contribution in [2.45, 2.75) is 11.7 Å². The molecule has 0 spiro atoms. The molecule has 4 nitrogen and oxygen atoms in total. The summed E-state index contributed by atoms with van der Waals surface area (Å²) in [5, 5.41) is 0.690. The highest BCUT2D eigenvalue weighted by atomic mass is 32.2. The Bertz CT molecular complexity index is 521. The molecule has 5 heteroatoms. The van der Waals surface area contributed by atoms with Crippen molar-refractivity contribution in [1.29, 1.82) is 0 Å². The molecule has 3 N–H and O–H groups in total. The first kappa shape index (κ1) is 10.9. The highest BCUT2D eigenvalue weighted by Crippen LogP contribution is 2.20. The summed E-state index contributed by atoms with van der Waals surface area (Å²) < 4.78 is 5.14. The highest BCUT2D eigenvalue weighted by Gasteiger charge is 2.18. The first-order valence-corrected chi connectivity index (χ1v) is 6.79. The lowest BCUT2D eigenvalue weighted by molar-refractivity contribution is 0.0455. The predicted molar refractivity (Wildman–Crippen MR) is 71.3 cm³/mol. The third-order valence-corrected chi connectivity index (χ3v) is 4.04. The molecule has 1 aliphatic heterocycles. The van der Waals surface area contributed by atoms with Gasteiger partial charge in [0.25, 0.3) is 0 Å². The summed E-state index contributed by atoms with van der Waals surface area (Å²) in [5.74, 6) is 2.13. The minimum atomic E-state index is 0.690. The number of aromatic nitrogens is 2. The van der Waals surface area contributed by atoms with Crippen LogP contribution < -0.4 is 5.73 Å². The highest BCUT2D eigenvalue weighted by molar-refractivity contribution is 8.00. The number of H-pyrrole nitrogens is 1. The zero-order chi connectivity index (χ0) is 11.7. The van der Waals surface area contributed by atoms with E-state index in [4.69, 9.17) is 10.5 Å². The van der Waals surface area contributed by atoms with E-state index >= 15 is 0 Å². The molecule has 1 aromatic carbocycles. The Balaban J connectivity index is 1.64. The van der Waals surface area contributed by atoms with Crippen LogP contribution in [0.5, 0.6) is 0 Å². The fourth-order valence-corrected chi connectivity index (χ4v) is 2.86. The normalized spacial score (nSPS) is 16.2. The zero-order valence-corrected chi connectivity index (χ0v) is 10.3. The van der Waals surface area contributed by atoms with E-state index < -0.39 is 0 Å². The maximum Gasteiger partial charge on any atom is 0.108 e. The van der Waals surface area contributed by atoms with Gasteiger partial charge in [-0.1, -0.05) is 0 Å². The number of hydrogen-bond acceptors (Lipinski definition) is 4. The van der Waals surface area contributed by atoms with Crippen molar-refractivity contribution < 1.29 is 4.74 Å². The predicted octanol–water partition coefficient (Wildman–Crippen LogP) is 1.82. The summed E-state index contributed by atoms with van der Waals surface area (Å²) in [7, 11) is 0. The number of imidazole rings is 1. The van der Waals surface area contributed by atoms with Gasteiger partial charge in [0.2, 0.25) is 0 Å². The molecule has 3 rings (SSSR count). The molecule has 2 aromatic rings. The lowest BCUT2D eigenvalue weighted by atomic mass is 10.3. The van der Waals surface area contributed by atoms with Crippen molar-refractivity contribution in [3.63, 3.8) is 0 Å². The number of anilines is 1. The summed E-state index contributed by atoms with van der Waals surface area (Å²) >= 11 is 1.96. The van der Waals surface area contributed by atoms with Crippen LogP contribution >= 0.6 is 11.8 Å². The molecular formula is C12H15N3OS. The number of aryl methyl sites for hydroxylation is 1. The summed E-state index contributed by atoms with van der Waals surface area (Å²) in [5.41, 5.74) is 8.52. The summed E-state index contributed by atoms with van der Waals surface area (Å²) in [4.78, 5) is 7.85. The molecule has 0 radical (unpaired) electrons. The number of nitrogens with one attached hydrogen (secondary N) is 1. The molecule has 1 fully saturated rings. The average molecular weight is 249 g/mol. The van der Waals surface area contributed by atoms with Crippen LogP contribution in [0.4, 0.5) is 5.69 Å². The van der Waals surface area contributed by atoms with Crippen LogP contribution in [0.2, 0.25) is 0 Å². The molecule has 2 heterocycles. The molecule has 0 amide bonds. The number of ether oxygens (including phenoxy) is 1. The maximum atomic E-state index is 5.73. The molecule has 1 aromatic heterocycles. The molecule has 0 bridgehead atoms. The van der Waals surface area contributed by atoms with E-state index in [-0.39, 0.29) is 0 Å². The Hall–Kier alpha value is -1.20. The lowest BCUT2D eigenvalue weighted by Gasteiger charge is -2.24. The van der Waals surface area contributed by atoms with E-state index in [1.54, 1.807) is 0 Å². The monoisotopic (exact) mass is 249 g/mol. The van der Waals surface area contributed by atoms with Gasteiger partial charge in [-0.05, 0) is 18.2 Å². The van der Waals surface area contributed by atoms with Crippen LogP contribution in [0.25, 0.3) is 11.0 Å². The van der Waals surface area contributed by atoms with E-state index in [0.717, 1.165) is 47.9 Å². The van der Waals surface area contributed by atoms with E-state index in [1.807, 2.05) is 30.0 Å². The van der Waals surface area contributed by atoms with Gasteiger partial charge in [0.1, 0.15) is 5.82 Å². The minimum absolute atomic E-state index is 0.690. The summed E-state index contributed by atoms with van der Waals surface area (Å²) in [6.07, 6.45) is 0.968. The van der Waals surface area contributed by atoms with Gasteiger partial charge in [0, 0.05) is 17.9 Å². The average Bonchev–Trinajstić information content (AvgIpc) is 2.63. The first-order chi connectivity index (χ1) is 8.31. The molecule has 0 unspecified atom stereocenters. The van der Waals surface area contributed by atoms with E-state index in [9.17, 15) is 0 Å². The number of hydrogen-bond donors (Lipinski definition) is 2. The number of nitrogens with two attached hydrogens (primary N) is 1. The van der Waals surface area contributed by atoms with Crippen molar-refractivity contribution in [2.24, 2.45) is 0 Å². The summed E-state index contributed by atoms with van der Waals surface area (Å²) in [6.45, 7) is 1.81. The van der Waals surface area contributed by atoms with Crippen LogP contribution in [0.15, 0.2) is 18.2 Å². The van der Waals surface area contributed by atoms with Gasteiger partial charge in [0.05, 0.1) is 29.5 Å². The van der Waals surface area contributed by atoms with E-state index in [2.05, 4.69) is 9.97 Å². The SMILES string of the molecule is Nc1ccc2nc(CCSC3COC3)[nH]c2c1. The third kappa shape index (κ3) is 2.40. The van der Waals surface area contributed by atoms with Gasteiger partial charge in [-0.15, -0.1) is 0 Å². The number of aromatic amines is 1. The second-order valence-electron chi connectivity index (χ2n) is 4.24. The number of rotatable bonds is 4. The Morgan fingerprint density at radius 2 is 2.35 bits per heavy atom. The van der Waals surface area contributed by atoms with Crippen LogP contribution in [0, 0.1) is 0 Å². The van der Waals surface area contributed by atoms with Crippen molar-refractivity contribution in [1.82, 2.24) is 9.97 Å². The number of fused-ring (bicyclic) bond motifs is 1. The van der Waals surface area contributed by atoms with Crippen molar-refractivity contribution in [3.05, 3.63) is 24.0 Å². The fourth-order valence-electron chi connectivity index (χ4n) is 1.83. The van der Waals surface area contributed by atoms with Gasteiger partial charge in [0.15, 0.2) is 0 Å². The largest absolute Gasteiger partial charge is 0.399 e. The molecule has 90 valence electrons. The maximum absolute atomic E-state index is 5.73. The quantitative estimate of drug-likeness (QED) is 0.811. The van der Waals surface area contributed by atoms with Gasteiger partial charge in [-0.2, -0.15) is 11.8 Å². The second-order valence-corrected chi connectivity index (χ2v) is 5.65. The topological polar surface area (TPSA) is 63.9 Å². The Kier molecular flexibility index (Phi) is 2.94. The number of benzene rings is 1. The minimum Gasteiger partial charge on any atom is -0.399 e. The van der Waals surface area contributed by atoms with Crippen molar-refractivity contribution >= 4 is 28.5 Å². The molecule has 0 aliphatic carbocycles. The van der Waals surface area contributed by atoms with Crippen molar-refractivity contribution in [3.8, 4) is 0 Å². The van der Waals surface area contributed by atoms with E-state index in [1.165, 1.54) is 0 Å². The zero-order valence-electron chi connectivity index (χ0n) is 9.48. The molecule has 1 saturated heterocycles. The second kappa shape index (κ2) is 4.58. The number of nitrogen functional groups attached to an aromatic ring is 1. The Labute approximate surface area is 104 Å². The third-order valence-electron chi connectivity index (χ3n) is 2.85. The van der Waals surface area contributed by atoms with Gasteiger partial charge in [-0.3, -0.25) is 0 Å². The Morgan fingerprint density at radius 3 is 3.12 bits per heavy atom. The van der Waals surface area contributed by atoms with E-state index in [0.29, 0.717) is 5.25 Å². The molecule has 1 aliphatic rings. The smallest absolute Gasteiger partial charge is 0.108 e. The summed E-state index contributed by atoms with van der Waals surface area (Å²) in [6, 6.07) is 5.77. The fraction of sp³-hybridized carbons (Fsp3) is 0.417. The molecule has 0 atom stereocenters. The van der Waals surface area contributed by atoms with Crippen LogP contribution in [-0.2, 0) is 11.2 Å². The van der Waals surface area contributed by atoms with Gasteiger partial charge in [-0.25, -0.2) is 4.98 Å². The standard InChI is InChI=1S/C12H15N3OS/c13-8-1-2-10-11(5-8)15-12(14-10)3-4-17-9-6-16-7-9/h1-2,5,9H,3-4,6-7,13H2,(H,14,15). The molecule has 0 saturated carbocycles. The molecule has 17 heavy (non-hydrogen) atoms. The van der Waals surface area contributed by atoms with Crippen LogP contribution in [0.1, 0.15) is 5.82 Å². The van der Waals surface area contributed by atoms with Crippen LogP contribution in [0.3, 0.4) is 0 Å². The number of thioether (sulfide) groups is 1. The van der Waals surface area contributed by atoms with Crippen molar-refractivity contribution in [2.75, 3.05) is 24.7 Å².